The molecule has 0 aliphatic heterocycles. The number of rotatable bonds is 29. The number of esters is 2. The molecular weight excluding hydrogens is 516 g/mol. The fourth-order valence-corrected chi connectivity index (χ4v) is 4.89. The molecule has 0 heterocycles. The Morgan fingerprint density at radius 1 is 0.585 bits per heavy atom. The van der Waals surface area contributed by atoms with Crippen LogP contribution in [0.2, 0.25) is 0 Å². The van der Waals surface area contributed by atoms with Crippen molar-refractivity contribution >= 4 is 17.8 Å². The monoisotopic (exact) mass is 584 g/mol. The van der Waals surface area contributed by atoms with E-state index in [4.69, 9.17) is 9.47 Å². The summed E-state index contributed by atoms with van der Waals surface area (Å²) >= 11 is 0. The van der Waals surface area contributed by atoms with Crippen LogP contribution in [0, 0.1) is 0 Å². The molecule has 7 nitrogen and oxygen atoms in total. The van der Waals surface area contributed by atoms with Gasteiger partial charge in [0, 0.05) is 6.42 Å². The summed E-state index contributed by atoms with van der Waals surface area (Å²) in [4.78, 5) is 37.6. The van der Waals surface area contributed by atoms with E-state index in [0.29, 0.717) is 17.7 Å². The molecule has 0 saturated heterocycles. The molecule has 1 amide bonds. The molecule has 1 atom stereocenters. The first kappa shape index (κ1) is 39.4. The highest BCUT2D eigenvalue weighted by Gasteiger charge is 2.26. The fourth-order valence-electron chi connectivity index (χ4n) is 4.89. The highest BCUT2D eigenvalue weighted by molar-refractivity contribution is 5.85. The zero-order valence-corrected chi connectivity index (χ0v) is 27.7. The van der Waals surface area contributed by atoms with Crippen molar-refractivity contribution in [3.8, 4) is 0 Å². The molecule has 41 heavy (non-hydrogen) atoms. The van der Waals surface area contributed by atoms with Crippen molar-refractivity contribution in [2.24, 2.45) is 0 Å². The van der Waals surface area contributed by atoms with Gasteiger partial charge in [-0.15, -0.1) is 0 Å². The number of nitrogens with zero attached hydrogens (tertiary/aromatic N) is 1. The molecule has 0 fully saturated rings. The second-order valence-corrected chi connectivity index (χ2v) is 12.9. The molecule has 0 aliphatic rings. The highest BCUT2D eigenvalue weighted by atomic mass is 16.5. The van der Waals surface area contributed by atoms with Gasteiger partial charge in [0.25, 0.3) is 5.91 Å². The second kappa shape index (κ2) is 27.2. The first-order valence-electron chi connectivity index (χ1n) is 17.1. The number of likely N-dealkylation sites (N-methyl/N-ethyl adjacent to an activating group) is 1. The van der Waals surface area contributed by atoms with Crippen LogP contribution in [0.3, 0.4) is 0 Å². The minimum Gasteiger partial charge on any atom is -0.466 e. The predicted molar refractivity (Wildman–Crippen MR) is 170 cm³/mol. The van der Waals surface area contributed by atoms with E-state index in [2.05, 4.69) is 19.2 Å². The summed E-state index contributed by atoms with van der Waals surface area (Å²) in [5.41, 5.74) is 0. The van der Waals surface area contributed by atoms with Gasteiger partial charge in [0.05, 0.1) is 34.4 Å². The molecule has 0 rings (SSSR count). The average molecular weight is 584 g/mol. The van der Waals surface area contributed by atoms with Crippen LogP contribution < -0.4 is 5.32 Å². The number of hydrogen-bond donors (Lipinski definition) is 1. The minimum absolute atomic E-state index is 0.0838. The summed E-state index contributed by atoms with van der Waals surface area (Å²) < 4.78 is 11.3. The molecule has 0 bridgehead atoms. The zero-order valence-electron chi connectivity index (χ0n) is 27.7. The Balaban J connectivity index is 4.23. The highest BCUT2D eigenvalue weighted by Crippen LogP contribution is 2.12. The molecule has 242 valence electrons. The first-order chi connectivity index (χ1) is 19.7. The number of amides is 1. The second-order valence-electron chi connectivity index (χ2n) is 12.9. The van der Waals surface area contributed by atoms with Gasteiger partial charge < -0.3 is 19.3 Å². The molecule has 0 radical (unpaired) electrons. The zero-order chi connectivity index (χ0) is 30.6. The molecule has 0 spiro atoms. The summed E-state index contributed by atoms with van der Waals surface area (Å²) in [6.45, 7) is 5.48. The third kappa shape index (κ3) is 28.3. The largest absolute Gasteiger partial charge is 0.466 e. The van der Waals surface area contributed by atoms with Crippen molar-refractivity contribution < 1.29 is 28.3 Å². The smallest absolute Gasteiger partial charge is 0.328 e. The maximum absolute atomic E-state index is 12.8. The standard InChI is InChI=1S/C34H66N2O5/c1-6-8-10-12-14-16-18-20-22-24-28-40-33(38)27-26-31(35-32(37)30-36(3,4)5)34(39)41-29-25-23-21-19-17-15-13-11-9-7-2/h31H,6-30H2,1-5H3/p+1. The molecule has 0 aromatic carbocycles. The number of nitrogens with one attached hydrogen (secondary N) is 1. The van der Waals surface area contributed by atoms with E-state index in [1.165, 1.54) is 96.3 Å². The number of hydrogen-bond acceptors (Lipinski definition) is 5. The molecular formula is C34H67N2O5+. The topological polar surface area (TPSA) is 81.7 Å². The van der Waals surface area contributed by atoms with Gasteiger partial charge in [0.2, 0.25) is 0 Å². The Morgan fingerprint density at radius 2 is 0.976 bits per heavy atom. The van der Waals surface area contributed by atoms with E-state index in [-0.39, 0.29) is 31.3 Å². The van der Waals surface area contributed by atoms with E-state index in [1.807, 2.05) is 21.1 Å². The van der Waals surface area contributed by atoms with Crippen LogP contribution in [0.4, 0.5) is 0 Å². The summed E-state index contributed by atoms with van der Waals surface area (Å²) in [5, 5.41) is 2.79. The lowest BCUT2D eigenvalue weighted by Crippen LogP contribution is -2.49. The van der Waals surface area contributed by atoms with Crippen LogP contribution in [0.15, 0.2) is 0 Å². The Hall–Kier alpha value is -1.63. The van der Waals surface area contributed by atoms with Crippen LogP contribution in [0.25, 0.3) is 0 Å². The van der Waals surface area contributed by atoms with Crippen molar-refractivity contribution in [1.29, 1.82) is 0 Å². The fraction of sp³-hybridized carbons (Fsp3) is 0.912. The third-order valence-corrected chi connectivity index (χ3v) is 7.38. The van der Waals surface area contributed by atoms with Crippen molar-refractivity contribution in [3.63, 3.8) is 0 Å². The Bertz CT molecular complexity index is 648. The van der Waals surface area contributed by atoms with Crippen LogP contribution in [0.5, 0.6) is 0 Å². The van der Waals surface area contributed by atoms with E-state index in [1.54, 1.807) is 0 Å². The van der Waals surface area contributed by atoms with Gasteiger partial charge in [-0.05, 0) is 19.3 Å². The number of unbranched alkanes of at least 4 members (excludes halogenated alkanes) is 18. The van der Waals surface area contributed by atoms with Gasteiger partial charge in [0.15, 0.2) is 6.54 Å². The van der Waals surface area contributed by atoms with E-state index < -0.39 is 12.0 Å². The van der Waals surface area contributed by atoms with Crippen molar-refractivity contribution in [1.82, 2.24) is 5.32 Å². The lowest BCUT2D eigenvalue weighted by Gasteiger charge is -2.24. The predicted octanol–water partition coefficient (Wildman–Crippen LogP) is 7.89. The minimum atomic E-state index is -0.831. The Labute approximate surface area is 253 Å². The lowest BCUT2D eigenvalue weighted by atomic mass is 10.1. The van der Waals surface area contributed by atoms with Crippen LogP contribution in [-0.4, -0.2) is 69.3 Å². The van der Waals surface area contributed by atoms with E-state index in [9.17, 15) is 14.4 Å². The van der Waals surface area contributed by atoms with E-state index >= 15 is 0 Å². The van der Waals surface area contributed by atoms with E-state index in [0.717, 1.165) is 32.1 Å². The number of ether oxygens (including phenoxy) is 2. The van der Waals surface area contributed by atoms with Crippen molar-refractivity contribution in [2.75, 3.05) is 40.9 Å². The average Bonchev–Trinajstić information content (AvgIpc) is 2.91. The van der Waals surface area contributed by atoms with Gasteiger partial charge in [-0.25, -0.2) is 4.79 Å². The Morgan fingerprint density at radius 3 is 1.39 bits per heavy atom. The van der Waals surface area contributed by atoms with Gasteiger partial charge in [-0.1, -0.05) is 129 Å². The Kier molecular flexibility index (Phi) is 26.1. The molecule has 0 aromatic rings. The van der Waals surface area contributed by atoms with Gasteiger partial charge in [-0.2, -0.15) is 0 Å². The molecule has 7 heteroatoms. The van der Waals surface area contributed by atoms with Crippen LogP contribution >= 0.6 is 0 Å². The van der Waals surface area contributed by atoms with Gasteiger partial charge in [0.1, 0.15) is 6.04 Å². The maximum Gasteiger partial charge on any atom is 0.328 e. The molecule has 1 unspecified atom stereocenters. The SMILES string of the molecule is CCCCCCCCCCCCOC(=O)CCC(NC(=O)C[N+](C)(C)C)C(=O)OCCCCCCCCCCCC. The van der Waals surface area contributed by atoms with Crippen molar-refractivity contribution in [2.45, 2.75) is 161 Å². The third-order valence-electron chi connectivity index (χ3n) is 7.38. The quantitative estimate of drug-likeness (QED) is 0.0550. The van der Waals surface area contributed by atoms with Crippen LogP contribution in [-0.2, 0) is 23.9 Å². The number of quaternary nitrogens is 1. The molecule has 0 saturated carbocycles. The van der Waals surface area contributed by atoms with Crippen LogP contribution in [0.1, 0.15) is 155 Å². The number of carbonyl (C=O) groups is 3. The van der Waals surface area contributed by atoms with Crippen molar-refractivity contribution in [3.05, 3.63) is 0 Å². The molecule has 0 aliphatic carbocycles. The summed E-state index contributed by atoms with van der Waals surface area (Å²) in [6, 6.07) is -0.831. The number of carbonyl (C=O) groups excluding carboxylic acids is 3. The van der Waals surface area contributed by atoms with Gasteiger partial charge in [-0.3, -0.25) is 9.59 Å². The lowest BCUT2D eigenvalue weighted by molar-refractivity contribution is -0.862. The molecule has 0 aromatic heterocycles. The van der Waals surface area contributed by atoms with Gasteiger partial charge >= 0.3 is 11.9 Å². The maximum atomic E-state index is 12.8. The summed E-state index contributed by atoms with van der Waals surface area (Å²) in [5.74, 6) is -1.01. The normalized spacial score (nSPS) is 12.2. The summed E-state index contributed by atoms with van der Waals surface area (Å²) in [6.07, 6.45) is 24.7. The first-order valence-corrected chi connectivity index (χ1v) is 17.1. The summed E-state index contributed by atoms with van der Waals surface area (Å²) in [7, 11) is 5.76. The molecule has 1 N–H and O–H groups in total.